The first-order valence-corrected chi connectivity index (χ1v) is 18.0. The Bertz CT molecular complexity index is 2060. The van der Waals surface area contributed by atoms with Crippen molar-refractivity contribution in [3.8, 4) is 22.9 Å². The zero-order valence-corrected chi connectivity index (χ0v) is 30.0. The minimum Gasteiger partial charge on any atom is -0.491 e. The van der Waals surface area contributed by atoms with Crippen LogP contribution in [0, 0.1) is 35.9 Å². The van der Waals surface area contributed by atoms with Gasteiger partial charge in [-0.05, 0) is 70.0 Å². The van der Waals surface area contributed by atoms with Gasteiger partial charge in [0.1, 0.15) is 35.7 Å². The molecular weight excluding hydrogens is 663 g/mol. The number of aromatic nitrogens is 3. The summed E-state index contributed by atoms with van der Waals surface area (Å²) in [5.41, 5.74) is 3.12. The smallest absolute Gasteiger partial charge is 0.410 e. The molecule has 4 saturated heterocycles. The average molecular weight is 707 g/mol. The van der Waals surface area contributed by atoms with Gasteiger partial charge in [-0.3, -0.25) is 9.69 Å². The third-order valence-corrected chi connectivity index (χ3v) is 11.0. The molecule has 52 heavy (non-hydrogen) atoms. The normalized spacial score (nSPS) is 22.7. The summed E-state index contributed by atoms with van der Waals surface area (Å²) in [7, 11) is 0. The van der Waals surface area contributed by atoms with E-state index in [2.05, 4.69) is 21.0 Å². The van der Waals surface area contributed by atoms with Gasteiger partial charge < -0.3 is 24.2 Å². The van der Waals surface area contributed by atoms with Crippen LogP contribution in [-0.2, 0) is 4.74 Å². The van der Waals surface area contributed by atoms with E-state index in [1.54, 1.807) is 36.0 Å². The third-order valence-electron chi connectivity index (χ3n) is 11.0. The van der Waals surface area contributed by atoms with Crippen LogP contribution in [0.1, 0.15) is 48.7 Å². The maximum Gasteiger partial charge on any atom is 0.410 e. The number of hydrogen-bond donors (Lipinski definition) is 0. The zero-order valence-electron chi connectivity index (χ0n) is 30.0. The number of carbonyl (C=O) groups excluding carboxylic acids is 2. The summed E-state index contributed by atoms with van der Waals surface area (Å²) in [6.45, 7) is 12.8. The summed E-state index contributed by atoms with van der Waals surface area (Å²) in [6, 6.07) is 13.3. The van der Waals surface area contributed by atoms with Crippen molar-refractivity contribution in [2.24, 2.45) is 11.8 Å². The van der Waals surface area contributed by atoms with Crippen molar-refractivity contribution >= 4 is 23.3 Å². The number of nitriles is 1. The standard InChI is InChI=1S/C39H43FN8O4/c1-24-32(6-5-7-34(24)40)37(49)46-19-27-17-45(18-28(27)20-46)35-9-8-25(15-42-35)33-13-31(23-48-36(33)26(14-41)16-43-48)51-11-10-44-21-30-12-29(44)22-47(30)38(50)52-39(2,3)4/h5-9,13,15-16,23,27-30H,10-12,17-22H2,1-4H3. The second kappa shape index (κ2) is 13.1. The van der Waals surface area contributed by atoms with Crippen molar-refractivity contribution < 1.29 is 23.5 Å². The molecule has 4 aliphatic rings. The molecule has 7 heterocycles. The molecular formula is C39H43FN8O4. The number of benzene rings is 1. The van der Waals surface area contributed by atoms with Crippen LogP contribution in [0.4, 0.5) is 15.0 Å². The van der Waals surface area contributed by atoms with Gasteiger partial charge in [0.2, 0.25) is 0 Å². The second-order valence-electron chi connectivity index (χ2n) is 15.5. The Labute approximate surface area is 302 Å². The van der Waals surface area contributed by atoms with Gasteiger partial charge in [0.05, 0.1) is 23.5 Å². The molecule has 8 rings (SSSR count). The van der Waals surface area contributed by atoms with Gasteiger partial charge in [0, 0.05) is 92.6 Å². The van der Waals surface area contributed by atoms with E-state index in [4.69, 9.17) is 14.5 Å². The van der Waals surface area contributed by atoms with E-state index in [1.807, 2.05) is 55.0 Å². The highest BCUT2D eigenvalue weighted by Crippen LogP contribution is 2.37. The van der Waals surface area contributed by atoms with Crippen molar-refractivity contribution in [1.82, 2.24) is 29.3 Å². The lowest BCUT2D eigenvalue weighted by atomic mass is 10.0. The number of pyridine rings is 2. The molecule has 0 aliphatic carbocycles. The monoisotopic (exact) mass is 706 g/mol. The van der Waals surface area contributed by atoms with Crippen molar-refractivity contribution in [2.45, 2.75) is 51.8 Å². The summed E-state index contributed by atoms with van der Waals surface area (Å²) >= 11 is 0. The summed E-state index contributed by atoms with van der Waals surface area (Å²) in [5, 5.41) is 14.3. The van der Waals surface area contributed by atoms with Crippen molar-refractivity contribution in [1.29, 1.82) is 5.26 Å². The number of carbonyl (C=O) groups is 2. The molecule has 4 aromatic rings. The Hall–Kier alpha value is -5.22. The lowest BCUT2D eigenvalue weighted by Gasteiger charge is -2.35. The van der Waals surface area contributed by atoms with Crippen LogP contribution >= 0.6 is 0 Å². The Morgan fingerprint density at radius 3 is 2.48 bits per heavy atom. The van der Waals surface area contributed by atoms with Crippen LogP contribution in [0.2, 0.25) is 0 Å². The van der Waals surface area contributed by atoms with Gasteiger partial charge in [-0.2, -0.15) is 10.4 Å². The molecule has 0 spiro atoms. The second-order valence-corrected chi connectivity index (χ2v) is 15.5. The number of halogens is 1. The Balaban J connectivity index is 0.910. The molecule has 4 fully saturated rings. The molecule has 2 amide bonds. The Kier molecular flexibility index (Phi) is 8.53. The van der Waals surface area contributed by atoms with Gasteiger partial charge in [-0.15, -0.1) is 0 Å². The lowest BCUT2D eigenvalue weighted by Crippen LogP contribution is -2.50. The molecule has 4 atom stereocenters. The molecule has 3 aromatic heterocycles. The number of likely N-dealkylation sites (tertiary alicyclic amines) is 3. The zero-order chi connectivity index (χ0) is 36.3. The van der Waals surface area contributed by atoms with Gasteiger partial charge in [-0.1, -0.05) is 6.07 Å². The number of rotatable bonds is 7. The number of ether oxygens (including phenoxy) is 2. The van der Waals surface area contributed by atoms with Crippen molar-refractivity contribution in [3.63, 3.8) is 0 Å². The van der Waals surface area contributed by atoms with Crippen molar-refractivity contribution in [3.05, 3.63) is 77.5 Å². The molecule has 2 bridgehead atoms. The minimum absolute atomic E-state index is 0.107. The lowest BCUT2D eigenvalue weighted by molar-refractivity contribution is 0.0122. The molecule has 1 aromatic carbocycles. The van der Waals surface area contributed by atoms with E-state index in [1.165, 1.54) is 6.07 Å². The van der Waals surface area contributed by atoms with Crippen LogP contribution < -0.4 is 9.64 Å². The molecule has 0 N–H and O–H groups in total. The summed E-state index contributed by atoms with van der Waals surface area (Å²) in [4.78, 5) is 39.1. The number of amides is 2. The summed E-state index contributed by atoms with van der Waals surface area (Å²) in [5.74, 6) is 1.67. The third kappa shape index (κ3) is 6.29. The largest absolute Gasteiger partial charge is 0.491 e. The molecule has 4 aliphatic heterocycles. The number of piperazine rings is 1. The van der Waals surface area contributed by atoms with E-state index >= 15 is 0 Å². The number of fused-ring (bicyclic) bond motifs is 4. The highest BCUT2D eigenvalue weighted by atomic mass is 19.1. The van der Waals surface area contributed by atoms with Crippen LogP contribution in [0.5, 0.6) is 5.75 Å². The van der Waals surface area contributed by atoms with Gasteiger partial charge >= 0.3 is 6.09 Å². The van der Waals surface area contributed by atoms with E-state index < -0.39 is 5.60 Å². The highest BCUT2D eigenvalue weighted by Gasteiger charge is 2.46. The molecule has 0 radical (unpaired) electrons. The van der Waals surface area contributed by atoms with Gasteiger partial charge in [-0.25, -0.2) is 18.7 Å². The average Bonchev–Trinajstić information content (AvgIpc) is 3.94. The van der Waals surface area contributed by atoms with E-state index in [0.29, 0.717) is 66.0 Å². The molecule has 13 heteroatoms. The highest BCUT2D eigenvalue weighted by molar-refractivity contribution is 5.96. The molecule has 12 nitrogen and oxygen atoms in total. The van der Waals surface area contributed by atoms with Crippen LogP contribution in [0.3, 0.4) is 0 Å². The van der Waals surface area contributed by atoms with Crippen LogP contribution in [0.25, 0.3) is 16.6 Å². The van der Waals surface area contributed by atoms with Gasteiger partial charge in [0.15, 0.2) is 0 Å². The molecule has 270 valence electrons. The fourth-order valence-corrected chi connectivity index (χ4v) is 8.41. The maximum absolute atomic E-state index is 14.1. The first-order valence-electron chi connectivity index (χ1n) is 18.0. The van der Waals surface area contributed by atoms with Crippen LogP contribution in [-0.4, -0.2) is 111 Å². The van der Waals surface area contributed by atoms with Gasteiger partial charge in [0.25, 0.3) is 5.91 Å². The number of anilines is 1. The Morgan fingerprint density at radius 2 is 1.81 bits per heavy atom. The summed E-state index contributed by atoms with van der Waals surface area (Å²) < 4.78 is 27.7. The predicted molar refractivity (Wildman–Crippen MR) is 192 cm³/mol. The maximum atomic E-state index is 14.1. The first kappa shape index (κ1) is 33.9. The first-order chi connectivity index (χ1) is 25.0. The minimum atomic E-state index is -0.513. The van der Waals surface area contributed by atoms with Crippen LogP contribution in [0.15, 0.2) is 55.0 Å². The topological polar surface area (TPSA) is 120 Å². The molecule has 0 saturated carbocycles. The Morgan fingerprint density at radius 1 is 1.02 bits per heavy atom. The SMILES string of the molecule is Cc1c(F)cccc1C(=O)N1CC2CN(c3ccc(-c4cc(OCCN5CC6CC5CN6C(=O)OC(C)(C)C)cn5ncc(C#N)c45)cn3)CC2C1. The molecule has 4 unspecified atom stereocenters. The van der Waals surface area contributed by atoms with E-state index in [9.17, 15) is 19.2 Å². The van der Waals surface area contributed by atoms with Crippen molar-refractivity contribution in [2.75, 3.05) is 57.3 Å². The quantitative estimate of drug-likeness (QED) is 0.262. The fourth-order valence-electron chi connectivity index (χ4n) is 8.41. The summed E-state index contributed by atoms with van der Waals surface area (Å²) in [6.07, 6.45) is 5.89. The van der Waals surface area contributed by atoms with E-state index in [0.717, 1.165) is 49.5 Å². The number of hydrogen-bond acceptors (Lipinski definition) is 9. The number of nitrogens with zero attached hydrogens (tertiary/aromatic N) is 8. The predicted octanol–water partition coefficient (Wildman–Crippen LogP) is 5.00. The van der Waals surface area contributed by atoms with E-state index in [-0.39, 0.29) is 29.9 Å². The fraction of sp³-hybridized carbons (Fsp3) is 0.462.